The highest BCUT2D eigenvalue weighted by atomic mass is 16.5. The molecule has 3 heterocycles. The largest absolute Gasteiger partial charge is 0.480 e. The van der Waals surface area contributed by atoms with Gasteiger partial charge in [-0.3, -0.25) is 19.5 Å². The van der Waals surface area contributed by atoms with Gasteiger partial charge in [-0.2, -0.15) is 0 Å². The van der Waals surface area contributed by atoms with E-state index in [1.165, 1.54) is 0 Å². The molecule has 2 saturated heterocycles. The topological polar surface area (TPSA) is 83.0 Å². The predicted octanol–water partition coefficient (Wildman–Crippen LogP) is 1.80. The molecule has 0 radical (unpaired) electrons. The lowest BCUT2D eigenvalue weighted by Gasteiger charge is -2.36. The molecule has 148 valence electrons. The second-order valence-corrected chi connectivity index (χ2v) is 8.03. The number of aliphatic carboxylic acids is 1. The molecule has 0 bridgehead atoms. The maximum atomic E-state index is 13.4. The van der Waals surface area contributed by atoms with E-state index in [0.717, 1.165) is 5.56 Å². The summed E-state index contributed by atoms with van der Waals surface area (Å²) in [5.41, 5.74) is -0.167. The summed E-state index contributed by atoms with van der Waals surface area (Å²) in [6.07, 6.45) is 4.25. The molecule has 2 aliphatic rings. The van der Waals surface area contributed by atoms with Gasteiger partial charge in [0.05, 0.1) is 19.1 Å². The van der Waals surface area contributed by atoms with Crippen molar-refractivity contribution < 1.29 is 19.4 Å². The van der Waals surface area contributed by atoms with Gasteiger partial charge in [0.15, 0.2) is 0 Å². The fourth-order valence-electron chi connectivity index (χ4n) is 4.63. The number of hydrogen-bond donors (Lipinski definition) is 1. The van der Waals surface area contributed by atoms with Crippen molar-refractivity contribution in [1.82, 2.24) is 14.8 Å². The monoisotopic (exact) mass is 375 g/mol. The minimum absolute atomic E-state index is 0.0193. The molecular formula is C20H29N3O4. The van der Waals surface area contributed by atoms with E-state index in [9.17, 15) is 14.7 Å². The number of rotatable bonds is 5. The van der Waals surface area contributed by atoms with Crippen LogP contribution < -0.4 is 0 Å². The molecule has 1 amide bonds. The fraction of sp³-hybridized carbons (Fsp3) is 0.650. The van der Waals surface area contributed by atoms with Gasteiger partial charge in [-0.15, -0.1) is 0 Å². The molecule has 7 heteroatoms. The molecule has 3 atom stereocenters. The summed E-state index contributed by atoms with van der Waals surface area (Å²) in [6, 6.07) is 3.47. The number of carboxylic acid groups (broad SMARTS) is 1. The van der Waals surface area contributed by atoms with Crippen LogP contribution in [0.5, 0.6) is 0 Å². The van der Waals surface area contributed by atoms with Crippen molar-refractivity contribution in [3.8, 4) is 0 Å². The number of morpholine rings is 1. The van der Waals surface area contributed by atoms with Crippen molar-refractivity contribution in [2.75, 3.05) is 33.4 Å². The van der Waals surface area contributed by atoms with Crippen LogP contribution in [-0.2, 0) is 14.3 Å². The lowest BCUT2D eigenvalue weighted by Crippen LogP contribution is -2.50. The van der Waals surface area contributed by atoms with Crippen LogP contribution in [0, 0.1) is 11.8 Å². The zero-order valence-electron chi connectivity index (χ0n) is 16.3. The van der Waals surface area contributed by atoms with Crippen LogP contribution in [0.2, 0.25) is 0 Å². The first kappa shape index (κ1) is 19.8. The van der Waals surface area contributed by atoms with Crippen LogP contribution in [0.25, 0.3) is 0 Å². The van der Waals surface area contributed by atoms with Crippen LogP contribution in [-0.4, -0.2) is 70.7 Å². The van der Waals surface area contributed by atoms with Crippen molar-refractivity contribution in [2.45, 2.75) is 38.3 Å². The molecular weight excluding hydrogens is 346 g/mol. The molecule has 0 aromatic carbocycles. The summed E-state index contributed by atoms with van der Waals surface area (Å²) in [4.78, 5) is 33.7. The Morgan fingerprint density at radius 2 is 2.07 bits per heavy atom. The molecule has 0 saturated carbocycles. The Morgan fingerprint density at radius 1 is 1.37 bits per heavy atom. The first-order valence-corrected chi connectivity index (χ1v) is 9.59. The first-order valence-electron chi connectivity index (χ1n) is 9.59. The molecule has 3 rings (SSSR count). The highest BCUT2D eigenvalue weighted by Gasteiger charge is 2.57. The number of hydrogen-bond acceptors (Lipinski definition) is 5. The Labute approximate surface area is 160 Å². The summed E-state index contributed by atoms with van der Waals surface area (Å²) in [5.74, 6) is -1.04. The molecule has 2 aliphatic heterocycles. The molecule has 1 aromatic heterocycles. The van der Waals surface area contributed by atoms with Gasteiger partial charge < -0.3 is 14.7 Å². The van der Waals surface area contributed by atoms with Gasteiger partial charge in [0.1, 0.15) is 5.54 Å². The second kappa shape index (κ2) is 7.94. The Bertz CT molecular complexity index is 675. The van der Waals surface area contributed by atoms with Crippen LogP contribution in [0.4, 0.5) is 0 Å². The molecule has 7 nitrogen and oxygen atoms in total. The maximum absolute atomic E-state index is 13.4. The first-order chi connectivity index (χ1) is 12.9. The summed E-state index contributed by atoms with van der Waals surface area (Å²) in [7, 11) is 1.83. The van der Waals surface area contributed by atoms with Gasteiger partial charge in [-0.25, -0.2) is 0 Å². The fourth-order valence-corrected chi connectivity index (χ4v) is 4.63. The number of carbonyl (C=O) groups is 2. The number of aromatic nitrogens is 1. The number of carboxylic acids is 1. The maximum Gasteiger partial charge on any atom is 0.324 e. The van der Waals surface area contributed by atoms with Crippen LogP contribution in [0.15, 0.2) is 24.5 Å². The number of carbonyl (C=O) groups excluding carboxylic acids is 1. The number of likely N-dealkylation sites (tertiary alicyclic amines) is 1. The van der Waals surface area contributed by atoms with Gasteiger partial charge in [0.2, 0.25) is 5.91 Å². The molecule has 0 unspecified atom stereocenters. The zero-order valence-corrected chi connectivity index (χ0v) is 16.3. The minimum atomic E-state index is -1.05. The number of likely N-dealkylation sites (N-methyl/N-ethyl adjacent to an activating group) is 1. The Balaban J connectivity index is 2.00. The van der Waals surface area contributed by atoms with E-state index in [-0.39, 0.29) is 17.9 Å². The molecule has 1 aromatic rings. The van der Waals surface area contributed by atoms with Crippen molar-refractivity contribution in [1.29, 1.82) is 0 Å². The predicted molar refractivity (Wildman–Crippen MR) is 100 cm³/mol. The normalized spacial score (nSPS) is 29.3. The Kier molecular flexibility index (Phi) is 5.81. The lowest BCUT2D eigenvalue weighted by molar-refractivity contribution is -0.151. The highest BCUT2D eigenvalue weighted by Crippen LogP contribution is 2.49. The SMILES string of the molecule is CC(C)C[C@@]1(C(=O)O)C[C@H](C(=O)N2CCOCC2)[C@H](c2cccnc2)N1C. The van der Waals surface area contributed by atoms with E-state index in [2.05, 4.69) is 4.98 Å². The van der Waals surface area contributed by atoms with Gasteiger partial charge >= 0.3 is 5.97 Å². The standard InChI is InChI=1S/C20H29N3O4/c1-14(2)11-20(19(25)26)12-16(18(24)23-7-9-27-10-8-23)17(22(20)3)15-5-4-6-21-13-15/h4-6,13-14,16-17H,7-12H2,1-3H3,(H,25,26)/t16-,17-,20-/m0/s1. The van der Waals surface area contributed by atoms with Crippen molar-refractivity contribution >= 4 is 11.9 Å². The van der Waals surface area contributed by atoms with E-state index in [1.54, 1.807) is 12.4 Å². The quantitative estimate of drug-likeness (QED) is 0.845. The summed E-state index contributed by atoms with van der Waals surface area (Å²) < 4.78 is 5.37. The third-order valence-corrected chi connectivity index (χ3v) is 5.84. The lowest BCUT2D eigenvalue weighted by atomic mass is 9.83. The average molecular weight is 375 g/mol. The van der Waals surface area contributed by atoms with E-state index in [1.807, 2.05) is 42.8 Å². The number of nitrogens with zero attached hydrogens (tertiary/aromatic N) is 3. The Morgan fingerprint density at radius 3 is 2.63 bits per heavy atom. The number of pyridine rings is 1. The van der Waals surface area contributed by atoms with Gasteiger partial charge in [-0.05, 0) is 37.4 Å². The van der Waals surface area contributed by atoms with Gasteiger partial charge in [0, 0.05) is 31.5 Å². The van der Waals surface area contributed by atoms with Crippen LogP contribution >= 0.6 is 0 Å². The second-order valence-electron chi connectivity index (χ2n) is 8.03. The summed E-state index contributed by atoms with van der Waals surface area (Å²) in [6.45, 7) is 6.22. The van der Waals surface area contributed by atoms with E-state index < -0.39 is 17.4 Å². The molecule has 0 aliphatic carbocycles. The minimum Gasteiger partial charge on any atom is -0.480 e. The third kappa shape index (κ3) is 3.71. The van der Waals surface area contributed by atoms with Gasteiger partial charge in [-0.1, -0.05) is 19.9 Å². The zero-order chi connectivity index (χ0) is 19.6. The Hall–Kier alpha value is -1.99. The number of ether oxygens (including phenoxy) is 1. The third-order valence-electron chi connectivity index (χ3n) is 5.84. The van der Waals surface area contributed by atoms with Crippen molar-refractivity contribution in [3.63, 3.8) is 0 Å². The molecule has 1 N–H and O–H groups in total. The highest BCUT2D eigenvalue weighted by molar-refractivity contribution is 5.85. The summed E-state index contributed by atoms with van der Waals surface area (Å²) >= 11 is 0. The molecule has 0 spiro atoms. The molecule has 27 heavy (non-hydrogen) atoms. The van der Waals surface area contributed by atoms with Crippen molar-refractivity contribution in [2.24, 2.45) is 11.8 Å². The van der Waals surface area contributed by atoms with E-state index in [4.69, 9.17) is 4.74 Å². The van der Waals surface area contributed by atoms with E-state index in [0.29, 0.717) is 39.1 Å². The summed E-state index contributed by atoms with van der Waals surface area (Å²) in [5, 5.41) is 10.2. The molecule has 2 fully saturated rings. The van der Waals surface area contributed by atoms with E-state index >= 15 is 0 Å². The van der Waals surface area contributed by atoms with Crippen molar-refractivity contribution in [3.05, 3.63) is 30.1 Å². The smallest absolute Gasteiger partial charge is 0.324 e. The number of amides is 1. The van der Waals surface area contributed by atoms with Crippen LogP contribution in [0.3, 0.4) is 0 Å². The van der Waals surface area contributed by atoms with Gasteiger partial charge in [0.25, 0.3) is 0 Å². The van der Waals surface area contributed by atoms with Crippen LogP contribution in [0.1, 0.15) is 38.3 Å². The average Bonchev–Trinajstić information content (AvgIpc) is 2.95.